The smallest absolute Gasteiger partial charge is 0.283 e. The van der Waals surface area contributed by atoms with Crippen LogP contribution in [0.25, 0.3) is 0 Å². The first-order valence-electron chi connectivity index (χ1n) is 4.56. The highest BCUT2D eigenvalue weighted by Gasteiger charge is 2.10. The summed E-state index contributed by atoms with van der Waals surface area (Å²) in [6.45, 7) is 0.888. The first kappa shape index (κ1) is 11.3. The van der Waals surface area contributed by atoms with Gasteiger partial charge < -0.3 is 16.3 Å². The molecule has 0 atom stereocenters. The van der Waals surface area contributed by atoms with E-state index in [1.807, 2.05) is 0 Å². The van der Waals surface area contributed by atoms with Crippen LogP contribution in [0.3, 0.4) is 0 Å². The van der Waals surface area contributed by atoms with Crippen LogP contribution in [0, 0.1) is 0 Å². The number of rotatable bonds is 4. The van der Waals surface area contributed by atoms with Crippen LogP contribution < -0.4 is 16.6 Å². The molecule has 15 heavy (non-hydrogen) atoms. The number of pyridine rings is 1. The second-order valence-corrected chi connectivity index (χ2v) is 2.96. The summed E-state index contributed by atoms with van der Waals surface area (Å²) in [5, 5.41) is 11.8. The van der Waals surface area contributed by atoms with Crippen LogP contribution in [0.2, 0.25) is 0 Å². The van der Waals surface area contributed by atoms with Crippen LogP contribution in [-0.2, 0) is 0 Å². The molecule has 0 saturated carbocycles. The largest absolute Gasteiger partial charge is 0.425 e. The number of nitrogens with one attached hydrogen (secondary N) is 1. The fraction of sp³-hybridized carbons (Fsp3) is 0.333. The van der Waals surface area contributed by atoms with Crippen molar-refractivity contribution in [3.63, 3.8) is 0 Å². The van der Waals surface area contributed by atoms with E-state index in [9.17, 15) is 14.8 Å². The Morgan fingerprint density at radius 2 is 2.27 bits per heavy atom. The summed E-state index contributed by atoms with van der Waals surface area (Å²) in [7, 11) is 0. The van der Waals surface area contributed by atoms with E-state index in [4.69, 9.17) is 5.73 Å². The minimum atomic E-state index is -0.638. The number of nitrogens with two attached hydrogens (primary N) is 1. The Kier molecular flexibility index (Phi) is 3.87. The van der Waals surface area contributed by atoms with Crippen LogP contribution in [-0.4, -0.2) is 28.9 Å². The van der Waals surface area contributed by atoms with Gasteiger partial charge in [0.25, 0.3) is 11.5 Å². The van der Waals surface area contributed by atoms with Crippen molar-refractivity contribution in [3.05, 3.63) is 34.2 Å². The summed E-state index contributed by atoms with van der Waals surface area (Å²) in [4.78, 5) is 22.4. The maximum absolute atomic E-state index is 11.4. The maximum Gasteiger partial charge on any atom is 0.283 e. The highest BCUT2D eigenvalue weighted by molar-refractivity contribution is 5.92. The molecule has 1 rings (SSSR count). The van der Waals surface area contributed by atoms with E-state index in [-0.39, 0.29) is 5.69 Å². The molecule has 6 nitrogen and oxygen atoms in total. The van der Waals surface area contributed by atoms with Gasteiger partial charge in [-0.05, 0) is 19.0 Å². The Balaban J connectivity index is 2.74. The van der Waals surface area contributed by atoms with E-state index in [1.54, 1.807) is 0 Å². The fourth-order valence-electron chi connectivity index (χ4n) is 1.05. The number of carbonyl (C=O) groups excluding carboxylic acids is 1. The van der Waals surface area contributed by atoms with Crippen molar-refractivity contribution in [1.82, 2.24) is 10.0 Å². The Morgan fingerprint density at radius 1 is 1.53 bits per heavy atom. The topological polar surface area (TPSA) is 97.4 Å². The lowest BCUT2D eigenvalue weighted by atomic mass is 10.3. The number of carbonyl (C=O) groups is 1. The van der Waals surface area contributed by atoms with Gasteiger partial charge in [0.05, 0.1) is 0 Å². The molecule has 0 radical (unpaired) electrons. The average molecular weight is 211 g/mol. The SMILES string of the molecule is NCCCNC(=O)c1cccc(=O)n1O. The first-order valence-corrected chi connectivity index (χ1v) is 4.56. The van der Waals surface area contributed by atoms with Crippen molar-refractivity contribution in [3.8, 4) is 0 Å². The molecule has 1 aromatic rings. The van der Waals surface area contributed by atoms with Gasteiger partial charge in [0.1, 0.15) is 5.69 Å². The van der Waals surface area contributed by atoms with Crippen LogP contribution >= 0.6 is 0 Å². The molecule has 82 valence electrons. The lowest BCUT2D eigenvalue weighted by molar-refractivity contribution is 0.0892. The van der Waals surface area contributed by atoms with Crippen molar-refractivity contribution in [2.24, 2.45) is 5.73 Å². The monoisotopic (exact) mass is 211 g/mol. The molecule has 0 aliphatic heterocycles. The van der Waals surface area contributed by atoms with Gasteiger partial charge in [-0.3, -0.25) is 9.59 Å². The molecule has 0 aliphatic carbocycles. The number of amides is 1. The molecule has 0 unspecified atom stereocenters. The van der Waals surface area contributed by atoms with Crippen LogP contribution in [0.15, 0.2) is 23.0 Å². The van der Waals surface area contributed by atoms with E-state index >= 15 is 0 Å². The van der Waals surface area contributed by atoms with E-state index in [1.165, 1.54) is 12.1 Å². The van der Waals surface area contributed by atoms with Gasteiger partial charge in [-0.15, -0.1) is 4.73 Å². The lowest BCUT2D eigenvalue weighted by Crippen LogP contribution is -2.32. The van der Waals surface area contributed by atoms with E-state index < -0.39 is 11.5 Å². The maximum atomic E-state index is 11.4. The zero-order valence-electron chi connectivity index (χ0n) is 8.14. The molecule has 1 heterocycles. The molecule has 0 aromatic carbocycles. The second-order valence-electron chi connectivity index (χ2n) is 2.96. The molecule has 1 aromatic heterocycles. The van der Waals surface area contributed by atoms with Crippen LogP contribution in [0.5, 0.6) is 0 Å². The fourth-order valence-corrected chi connectivity index (χ4v) is 1.05. The summed E-state index contributed by atoms with van der Waals surface area (Å²) >= 11 is 0. The number of nitrogens with zero attached hydrogens (tertiary/aromatic N) is 1. The second kappa shape index (κ2) is 5.16. The predicted octanol–water partition coefficient (Wildman–Crippen LogP) is -0.836. The molecule has 4 N–H and O–H groups in total. The Morgan fingerprint density at radius 3 is 2.93 bits per heavy atom. The standard InChI is InChI=1S/C9H13N3O3/c10-5-2-6-11-9(14)7-3-1-4-8(13)12(7)15/h1,3-4,15H,2,5-6,10H2,(H,11,14). The highest BCUT2D eigenvalue weighted by Crippen LogP contribution is 1.93. The molecule has 0 bridgehead atoms. The van der Waals surface area contributed by atoms with Gasteiger partial charge in [0.15, 0.2) is 0 Å². The summed E-state index contributed by atoms with van der Waals surface area (Å²) in [5.74, 6) is -0.497. The van der Waals surface area contributed by atoms with E-state index in [0.717, 1.165) is 6.07 Å². The molecule has 0 fully saturated rings. The van der Waals surface area contributed by atoms with E-state index in [0.29, 0.717) is 24.2 Å². The van der Waals surface area contributed by atoms with Gasteiger partial charge >= 0.3 is 0 Å². The number of aromatic nitrogens is 1. The van der Waals surface area contributed by atoms with Gasteiger partial charge in [0.2, 0.25) is 0 Å². The van der Waals surface area contributed by atoms with Crippen molar-refractivity contribution >= 4 is 5.91 Å². The van der Waals surface area contributed by atoms with Gasteiger partial charge in [0, 0.05) is 12.6 Å². The van der Waals surface area contributed by atoms with Gasteiger partial charge in [-0.1, -0.05) is 6.07 Å². The van der Waals surface area contributed by atoms with Crippen molar-refractivity contribution < 1.29 is 10.0 Å². The summed E-state index contributed by atoms with van der Waals surface area (Å²) in [6.07, 6.45) is 0.647. The molecule has 1 amide bonds. The summed E-state index contributed by atoms with van der Waals surface area (Å²) in [6, 6.07) is 3.93. The minimum absolute atomic E-state index is 0.0838. The Hall–Kier alpha value is -1.82. The third-order valence-corrected chi connectivity index (χ3v) is 1.83. The lowest BCUT2D eigenvalue weighted by Gasteiger charge is -2.06. The van der Waals surface area contributed by atoms with Crippen LogP contribution in [0.4, 0.5) is 0 Å². The molecule has 6 heteroatoms. The van der Waals surface area contributed by atoms with Gasteiger partial charge in [-0.25, -0.2) is 0 Å². The normalized spacial score (nSPS) is 9.93. The Labute approximate surface area is 86.3 Å². The van der Waals surface area contributed by atoms with Crippen molar-refractivity contribution in [2.75, 3.05) is 13.1 Å². The molecular formula is C9H13N3O3. The third kappa shape index (κ3) is 2.81. The predicted molar refractivity (Wildman–Crippen MR) is 53.9 cm³/mol. The summed E-state index contributed by atoms with van der Waals surface area (Å²) < 4.78 is 0.317. The number of hydrogen-bond donors (Lipinski definition) is 3. The zero-order chi connectivity index (χ0) is 11.3. The molecule has 0 saturated heterocycles. The first-order chi connectivity index (χ1) is 7.16. The zero-order valence-corrected chi connectivity index (χ0v) is 8.14. The molecule has 0 aliphatic rings. The van der Waals surface area contributed by atoms with Crippen molar-refractivity contribution in [1.29, 1.82) is 0 Å². The van der Waals surface area contributed by atoms with Gasteiger partial charge in [-0.2, -0.15) is 0 Å². The highest BCUT2D eigenvalue weighted by atomic mass is 16.5. The molecular weight excluding hydrogens is 198 g/mol. The Bertz CT molecular complexity index is 400. The minimum Gasteiger partial charge on any atom is -0.425 e. The van der Waals surface area contributed by atoms with Crippen LogP contribution in [0.1, 0.15) is 16.9 Å². The van der Waals surface area contributed by atoms with E-state index in [2.05, 4.69) is 5.32 Å². The number of hydrogen-bond acceptors (Lipinski definition) is 4. The quantitative estimate of drug-likeness (QED) is 0.447. The summed E-state index contributed by atoms with van der Waals surface area (Å²) in [5.41, 5.74) is 4.53. The molecule has 0 spiro atoms. The average Bonchev–Trinajstić information content (AvgIpc) is 2.22. The van der Waals surface area contributed by atoms with Crippen molar-refractivity contribution in [2.45, 2.75) is 6.42 Å². The third-order valence-electron chi connectivity index (χ3n) is 1.83.